The van der Waals surface area contributed by atoms with Gasteiger partial charge in [0.25, 0.3) is 5.91 Å². The summed E-state index contributed by atoms with van der Waals surface area (Å²) in [5.41, 5.74) is 2.09. The molecule has 0 unspecified atom stereocenters. The van der Waals surface area contributed by atoms with Gasteiger partial charge in [-0.2, -0.15) is 4.31 Å². The molecule has 0 aliphatic carbocycles. The van der Waals surface area contributed by atoms with E-state index in [0.717, 1.165) is 11.4 Å². The van der Waals surface area contributed by atoms with Crippen LogP contribution in [0.15, 0.2) is 71.8 Å². The fourth-order valence-corrected chi connectivity index (χ4v) is 5.05. The molecule has 0 radical (unpaired) electrons. The van der Waals surface area contributed by atoms with Crippen molar-refractivity contribution in [2.75, 3.05) is 43.5 Å². The molecule has 1 aliphatic rings. The van der Waals surface area contributed by atoms with Crippen molar-refractivity contribution >= 4 is 27.4 Å². The van der Waals surface area contributed by atoms with Crippen molar-refractivity contribution in [2.45, 2.75) is 11.8 Å². The maximum absolute atomic E-state index is 12.9. The highest BCUT2D eigenvalue weighted by molar-refractivity contribution is 7.89. The number of hydrogen-bond donors (Lipinski definition) is 1. The minimum Gasteiger partial charge on any atom is -0.497 e. The van der Waals surface area contributed by atoms with Crippen LogP contribution in [0.3, 0.4) is 0 Å². The monoisotopic (exact) mass is 466 g/mol. The fourth-order valence-electron chi connectivity index (χ4n) is 3.63. The fraction of sp³-hybridized carbons (Fsp3) is 0.250. The summed E-state index contributed by atoms with van der Waals surface area (Å²) < 4.78 is 32.4. The van der Waals surface area contributed by atoms with Crippen LogP contribution in [0.25, 0.3) is 0 Å². The van der Waals surface area contributed by atoms with Crippen molar-refractivity contribution in [3.8, 4) is 5.75 Å². The number of carbonyl (C=O) groups is 1. The van der Waals surface area contributed by atoms with Crippen LogP contribution in [0.5, 0.6) is 5.75 Å². The van der Waals surface area contributed by atoms with E-state index in [4.69, 9.17) is 4.74 Å². The summed E-state index contributed by atoms with van der Waals surface area (Å²) in [7, 11) is -1.95. The van der Waals surface area contributed by atoms with Crippen LogP contribution in [0.1, 0.15) is 15.9 Å². The van der Waals surface area contributed by atoms with Crippen LogP contribution in [0.2, 0.25) is 0 Å². The number of nitrogens with one attached hydrogen (secondary N) is 1. The number of amides is 1. The van der Waals surface area contributed by atoms with Crippen molar-refractivity contribution < 1.29 is 17.9 Å². The first-order valence-corrected chi connectivity index (χ1v) is 12.0. The topological polar surface area (TPSA) is 91.8 Å². The third kappa shape index (κ3) is 5.15. The standard InChI is InChI=1S/C24H26N4O4S/c1-18-6-9-22(10-7-18)33(30,31)28-14-12-27(13-15-28)23-11-8-20(17-25-23)26-24(29)19-4-3-5-21(16-19)32-2/h3-11,16-17H,12-15H2,1-2H3,(H,26,29). The zero-order valence-electron chi connectivity index (χ0n) is 18.6. The largest absolute Gasteiger partial charge is 0.497 e. The Kier molecular flexibility index (Phi) is 6.62. The second-order valence-electron chi connectivity index (χ2n) is 7.80. The van der Waals surface area contributed by atoms with E-state index in [1.807, 2.05) is 30.0 Å². The first kappa shape index (κ1) is 22.8. The van der Waals surface area contributed by atoms with Crippen molar-refractivity contribution in [1.29, 1.82) is 0 Å². The molecule has 2 aromatic carbocycles. The number of benzene rings is 2. The van der Waals surface area contributed by atoms with Gasteiger partial charge in [0.15, 0.2) is 0 Å². The predicted octanol–water partition coefficient (Wildman–Crippen LogP) is 3.16. The van der Waals surface area contributed by atoms with Crippen LogP contribution in [0, 0.1) is 6.92 Å². The summed E-state index contributed by atoms with van der Waals surface area (Å²) in [5, 5.41) is 2.83. The van der Waals surface area contributed by atoms with Gasteiger partial charge >= 0.3 is 0 Å². The molecular formula is C24H26N4O4S. The Morgan fingerprint density at radius 1 is 1.00 bits per heavy atom. The molecule has 0 spiro atoms. The average Bonchev–Trinajstić information content (AvgIpc) is 2.85. The van der Waals surface area contributed by atoms with E-state index in [2.05, 4.69) is 10.3 Å². The number of carbonyl (C=O) groups excluding carboxylic acids is 1. The molecule has 1 amide bonds. The molecule has 3 aromatic rings. The van der Waals surface area contributed by atoms with Gasteiger partial charge in [-0.1, -0.05) is 23.8 Å². The second-order valence-corrected chi connectivity index (χ2v) is 9.73. The highest BCUT2D eigenvalue weighted by Gasteiger charge is 2.28. The lowest BCUT2D eigenvalue weighted by Crippen LogP contribution is -2.48. The van der Waals surface area contributed by atoms with Gasteiger partial charge in [-0.3, -0.25) is 4.79 Å². The molecule has 1 aliphatic heterocycles. The molecule has 0 bridgehead atoms. The van der Waals surface area contributed by atoms with Crippen molar-refractivity contribution in [3.05, 3.63) is 78.0 Å². The molecule has 9 heteroatoms. The van der Waals surface area contributed by atoms with Crippen molar-refractivity contribution in [2.24, 2.45) is 0 Å². The number of methoxy groups -OCH3 is 1. The van der Waals surface area contributed by atoms with Crippen molar-refractivity contribution in [1.82, 2.24) is 9.29 Å². The van der Waals surface area contributed by atoms with E-state index in [0.29, 0.717) is 48.1 Å². The van der Waals surface area contributed by atoms with E-state index in [1.165, 1.54) is 4.31 Å². The molecule has 172 valence electrons. The Hall–Kier alpha value is -3.43. The Labute approximate surface area is 193 Å². The number of pyridine rings is 1. The lowest BCUT2D eigenvalue weighted by Gasteiger charge is -2.34. The molecule has 4 rings (SSSR count). The van der Waals surface area contributed by atoms with Gasteiger partial charge in [0.05, 0.1) is 23.9 Å². The SMILES string of the molecule is COc1cccc(C(=O)Nc2ccc(N3CCN(S(=O)(=O)c4ccc(C)cc4)CC3)nc2)c1. The van der Waals surface area contributed by atoms with Gasteiger partial charge in [-0.05, 0) is 49.4 Å². The molecule has 1 saturated heterocycles. The minimum atomic E-state index is -3.51. The Morgan fingerprint density at radius 3 is 2.36 bits per heavy atom. The van der Waals surface area contributed by atoms with Gasteiger partial charge in [0.2, 0.25) is 10.0 Å². The van der Waals surface area contributed by atoms with Crippen LogP contribution >= 0.6 is 0 Å². The van der Waals surface area contributed by atoms with Crippen LogP contribution in [-0.4, -0.2) is 56.9 Å². The van der Waals surface area contributed by atoms with E-state index < -0.39 is 10.0 Å². The van der Waals surface area contributed by atoms with Gasteiger partial charge in [0, 0.05) is 31.7 Å². The molecule has 0 saturated carbocycles. The normalized spacial score (nSPS) is 14.7. The van der Waals surface area contributed by atoms with Crippen molar-refractivity contribution in [3.63, 3.8) is 0 Å². The first-order chi connectivity index (χ1) is 15.9. The van der Waals surface area contributed by atoms with E-state index in [-0.39, 0.29) is 5.91 Å². The van der Waals surface area contributed by atoms with E-state index in [1.54, 1.807) is 55.8 Å². The van der Waals surface area contributed by atoms with E-state index >= 15 is 0 Å². The smallest absolute Gasteiger partial charge is 0.255 e. The molecular weight excluding hydrogens is 440 g/mol. The number of rotatable bonds is 6. The lowest BCUT2D eigenvalue weighted by molar-refractivity contribution is 0.102. The van der Waals surface area contributed by atoms with Gasteiger partial charge < -0.3 is 15.0 Å². The number of piperazine rings is 1. The number of anilines is 2. The van der Waals surface area contributed by atoms with Crippen LogP contribution in [-0.2, 0) is 10.0 Å². The molecule has 1 fully saturated rings. The Bertz CT molecular complexity index is 1220. The predicted molar refractivity (Wildman–Crippen MR) is 127 cm³/mol. The number of aromatic nitrogens is 1. The molecule has 33 heavy (non-hydrogen) atoms. The third-order valence-corrected chi connectivity index (χ3v) is 7.47. The summed E-state index contributed by atoms with van der Waals surface area (Å²) in [6.07, 6.45) is 1.60. The second kappa shape index (κ2) is 9.60. The highest BCUT2D eigenvalue weighted by atomic mass is 32.2. The van der Waals surface area contributed by atoms with Crippen LogP contribution < -0.4 is 15.0 Å². The summed E-state index contributed by atoms with van der Waals surface area (Å²) in [6.45, 7) is 3.76. The van der Waals surface area contributed by atoms with E-state index in [9.17, 15) is 13.2 Å². The summed E-state index contributed by atoms with van der Waals surface area (Å²) in [4.78, 5) is 19.3. The molecule has 1 aromatic heterocycles. The number of hydrogen-bond acceptors (Lipinski definition) is 6. The first-order valence-electron chi connectivity index (χ1n) is 10.6. The zero-order valence-corrected chi connectivity index (χ0v) is 19.4. The minimum absolute atomic E-state index is 0.252. The van der Waals surface area contributed by atoms with Gasteiger partial charge in [0.1, 0.15) is 11.6 Å². The molecule has 2 heterocycles. The maximum Gasteiger partial charge on any atom is 0.255 e. The van der Waals surface area contributed by atoms with Crippen LogP contribution in [0.4, 0.5) is 11.5 Å². The quantitative estimate of drug-likeness (QED) is 0.600. The third-order valence-electron chi connectivity index (χ3n) is 5.56. The summed E-state index contributed by atoms with van der Waals surface area (Å²) in [6, 6.07) is 17.4. The Morgan fingerprint density at radius 2 is 1.73 bits per heavy atom. The highest BCUT2D eigenvalue weighted by Crippen LogP contribution is 2.22. The van der Waals surface area contributed by atoms with Gasteiger partial charge in [-0.25, -0.2) is 13.4 Å². The zero-order chi connectivity index (χ0) is 23.4. The molecule has 8 nitrogen and oxygen atoms in total. The Balaban J connectivity index is 1.36. The van der Waals surface area contributed by atoms with Gasteiger partial charge in [-0.15, -0.1) is 0 Å². The number of nitrogens with zero attached hydrogens (tertiary/aromatic N) is 3. The number of ether oxygens (including phenoxy) is 1. The molecule has 1 N–H and O–H groups in total. The summed E-state index contributed by atoms with van der Waals surface area (Å²) >= 11 is 0. The lowest BCUT2D eigenvalue weighted by atomic mass is 10.2. The number of sulfonamides is 1. The summed E-state index contributed by atoms with van der Waals surface area (Å²) in [5.74, 6) is 1.10. The molecule has 0 atom stereocenters. The number of aryl methyl sites for hydroxylation is 1. The average molecular weight is 467 g/mol. The maximum atomic E-state index is 12.9.